The molecule has 0 bridgehead atoms. The number of methoxy groups -OCH3 is 2. The van der Waals surface area contributed by atoms with E-state index in [4.69, 9.17) is 14.2 Å². The van der Waals surface area contributed by atoms with Gasteiger partial charge in [0, 0.05) is 24.2 Å². The van der Waals surface area contributed by atoms with E-state index >= 15 is 0 Å². The van der Waals surface area contributed by atoms with E-state index in [0.29, 0.717) is 30.0 Å². The number of aromatic nitrogens is 1. The minimum absolute atomic E-state index is 0.233. The lowest BCUT2D eigenvalue weighted by molar-refractivity contribution is -0.139. The van der Waals surface area contributed by atoms with Gasteiger partial charge in [0.1, 0.15) is 18.2 Å². The molecule has 2 aromatic carbocycles. The third kappa shape index (κ3) is 4.64. The molecule has 0 amide bonds. The Morgan fingerprint density at radius 2 is 1.95 bits per heavy atom. The van der Waals surface area contributed by atoms with Crippen LogP contribution in [0.5, 0.6) is 11.6 Å². The van der Waals surface area contributed by atoms with Crippen LogP contribution in [0.15, 0.2) is 48.7 Å². The summed E-state index contributed by atoms with van der Waals surface area (Å²) >= 11 is 0. The molecule has 1 N–H and O–H groups in total. The highest BCUT2D eigenvalue weighted by atomic mass is 19.1. The molecule has 2 aliphatic carbocycles. The van der Waals surface area contributed by atoms with Crippen molar-refractivity contribution in [3.8, 4) is 22.8 Å². The normalized spacial score (nSPS) is 20.7. The molecule has 6 nitrogen and oxygen atoms in total. The fourth-order valence-corrected chi connectivity index (χ4v) is 6.04. The second-order valence-electron chi connectivity index (χ2n) is 11.5. The number of pyridine rings is 1. The van der Waals surface area contributed by atoms with Crippen molar-refractivity contribution < 1.29 is 28.5 Å². The zero-order valence-electron chi connectivity index (χ0n) is 22.5. The summed E-state index contributed by atoms with van der Waals surface area (Å²) in [6, 6.07) is 13.5. The number of ether oxygens (including phenoxy) is 3. The summed E-state index contributed by atoms with van der Waals surface area (Å²) in [6.07, 6.45) is 3.36. The van der Waals surface area contributed by atoms with E-state index in [1.807, 2.05) is 30.3 Å². The SMILES string of the molecule is COc1cc(-c2ccc(COc3ccc4c(c3)[C@]3(CC4)C[C@H]3C(=O)O)cc2[C@@H](OC)C(C)(C)C)c(F)cn1. The lowest BCUT2D eigenvalue weighted by Gasteiger charge is -2.32. The van der Waals surface area contributed by atoms with Crippen molar-refractivity contribution in [2.24, 2.45) is 11.3 Å². The summed E-state index contributed by atoms with van der Waals surface area (Å²) in [4.78, 5) is 15.6. The fraction of sp³-hybridized carbons (Fsp3) is 0.419. The first-order valence-corrected chi connectivity index (χ1v) is 12.9. The predicted octanol–water partition coefficient (Wildman–Crippen LogP) is 6.50. The molecule has 0 unspecified atom stereocenters. The Kier molecular flexibility index (Phi) is 6.68. The van der Waals surface area contributed by atoms with E-state index in [1.54, 1.807) is 13.2 Å². The maximum Gasteiger partial charge on any atom is 0.307 e. The number of carbonyl (C=O) groups is 1. The second-order valence-corrected chi connectivity index (χ2v) is 11.5. The van der Waals surface area contributed by atoms with Gasteiger partial charge in [0.2, 0.25) is 5.88 Å². The lowest BCUT2D eigenvalue weighted by Crippen LogP contribution is -2.21. The fourth-order valence-electron chi connectivity index (χ4n) is 6.04. The third-order valence-corrected chi connectivity index (χ3v) is 7.99. The average Bonchev–Trinajstić information content (AvgIpc) is 3.52. The van der Waals surface area contributed by atoms with Crippen LogP contribution in [0, 0.1) is 17.2 Å². The molecule has 0 radical (unpaired) electrons. The number of hydrogen-bond donors (Lipinski definition) is 1. The van der Waals surface area contributed by atoms with Gasteiger partial charge in [-0.2, -0.15) is 0 Å². The van der Waals surface area contributed by atoms with Crippen LogP contribution < -0.4 is 9.47 Å². The molecule has 2 aliphatic rings. The quantitative estimate of drug-likeness (QED) is 0.366. The number of halogens is 1. The van der Waals surface area contributed by atoms with Crippen LogP contribution in [0.2, 0.25) is 0 Å². The highest BCUT2D eigenvalue weighted by molar-refractivity contribution is 5.78. The van der Waals surface area contributed by atoms with E-state index in [9.17, 15) is 14.3 Å². The van der Waals surface area contributed by atoms with Crippen LogP contribution in [0.25, 0.3) is 11.1 Å². The monoisotopic (exact) mass is 519 g/mol. The molecule has 5 rings (SSSR count). The number of rotatable bonds is 8. The van der Waals surface area contributed by atoms with Gasteiger partial charge in [0.15, 0.2) is 0 Å². The van der Waals surface area contributed by atoms with Gasteiger partial charge in [-0.05, 0) is 70.7 Å². The van der Waals surface area contributed by atoms with Crippen LogP contribution in [-0.4, -0.2) is 30.3 Å². The first-order chi connectivity index (χ1) is 18.1. The lowest BCUT2D eigenvalue weighted by atomic mass is 9.81. The molecular formula is C31H34FNO5. The number of aliphatic carboxylic acids is 1. The summed E-state index contributed by atoms with van der Waals surface area (Å²) < 4.78 is 32.3. The molecule has 1 heterocycles. The first-order valence-electron chi connectivity index (χ1n) is 12.9. The molecule has 7 heteroatoms. The minimum Gasteiger partial charge on any atom is -0.489 e. The molecule has 3 aromatic rings. The molecular weight excluding hydrogens is 485 g/mol. The number of benzene rings is 2. The summed E-state index contributed by atoms with van der Waals surface area (Å²) in [5.41, 5.74) is 4.72. The van der Waals surface area contributed by atoms with Crippen LogP contribution in [0.4, 0.5) is 4.39 Å². The van der Waals surface area contributed by atoms with Crippen molar-refractivity contribution in [1.82, 2.24) is 4.98 Å². The number of fused-ring (bicyclic) bond motifs is 2. The molecule has 0 aliphatic heterocycles. The summed E-state index contributed by atoms with van der Waals surface area (Å²) in [6.45, 7) is 6.56. The van der Waals surface area contributed by atoms with Crippen molar-refractivity contribution in [3.63, 3.8) is 0 Å². The van der Waals surface area contributed by atoms with Gasteiger partial charge >= 0.3 is 5.97 Å². The Balaban J connectivity index is 1.45. The van der Waals surface area contributed by atoms with Crippen molar-refractivity contribution in [3.05, 3.63) is 76.7 Å². The Hall–Kier alpha value is -3.45. The van der Waals surface area contributed by atoms with Gasteiger partial charge in [0.25, 0.3) is 0 Å². The molecule has 200 valence electrons. The Morgan fingerprint density at radius 1 is 1.16 bits per heavy atom. The highest BCUT2D eigenvalue weighted by Gasteiger charge is 2.61. The van der Waals surface area contributed by atoms with Gasteiger partial charge in [-0.1, -0.05) is 39.0 Å². The maximum absolute atomic E-state index is 14.9. The molecule has 1 saturated carbocycles. The molecule has 38 heavy (non-hydrogen) atoms. The van der Waals surface area contributed by atoms with Crippen molar-refractivity contribution in [1.29, 1.82) is 0 Å². The van der Waals surface area contributed by atoms with E-state index in [-0.39, 0.29) is 22.9 Å². The van der Waals surface area contributed by atoms with Crippen molar-refractivity contribution >= 4 is 5.97 Å². The molecule has 1 spiro atoms. The summed E-state index contributed by atoms with van der Waals surface area (Å²) in [7, 11) is 3.17. The Morgan fingerprint density at radius 3 is 2.61 bits per heavy atom. The number of aryl methyl sites for hydroxylation is 1. The van der Waals surface area contributed by atoms with E-state index in [1.165, 1.54) is 18.9 Å². The van der Waals surface area contributed by atoms with E-state index in [2.05, 4.69) is 31.8 Å². The van der Waals surface area contributed by atoms with Crippen molar-refractivity contribution in [2.75, 3.05) is 14.2 Å². The third-order valence-electron chi connectivity index (χ3n) is 7.99. The van der Waals surface area contributed by atoms with Crippen LogP contribution in [-0.2, 0) is 28.0 Å². The van der Waals surface area contributed by atoms with Crippen LogP contribution >= 0.6 is 0 Å². The summed E-state index contributed by atoms with van der Waals surface area (Å²) in [5, 5.41) is 9.55. The van der Waals surface area contributed by atoms with Gasteiger partial charge in [-0.25, -0.2) is 9.37 Å². The van der Waals surface area contributed by atoms with Crippen LogP contribution in [0.1, 0.15) is 62.0 Å². The van der Waals surface area contributed by atoms with E-state index in [0.717, 1.165) is 35.3 Å². The minimum atomic E-state index is -0.716. The second kappa shape index (κ2) is 9.70. The average molecular weight is 520 g/mol. The molecule has 0 saturated heterocycles. The number of hydrogen-bond acceptors (Lipinski definition) is 5. The van der Waals surface area contributed by atoms with Gasteiger partial charge in [0.05, 0.1) is 25.3 Å². The number of nitrogens with zero attached hydrogens (tertiary/aromatic N) is 1. The standard InChI is InChI=1S/C31H34FNO5/c1-30(2,3)28(37-5)23-12-18(6-9-21(23)22-14-27(36-4)33-16-26(22)32)17-38-20-8-7-19-10-11-31(24(19)13-20)15-25(31)29(34)35/h6-9,12-14,16,25,28H,10-11,15,17H2,1-5H3,(H,34,35)/t25-,28+,31-/m0/s1. The predicted molar refractivity (Wildman–Crippen MR) is 142 cm³/mol. The molecule has 1 aromatic heterocycles. The van der Waals surface area contributed by atoms with Gasteiger partial charge in [-0.3, -0.25) is 4.79 Å². The Labute approximate surface area is 222 Å². The topological polar surface area (TPSA) is 77.9 Å². The van der Waals surface area contributed by atoms with Crippen molar-refractivity contribution in [2.45, 2.75) is 58.2 Å². The smallest absolute Gasteiger partial charge is 0.307 e. The highest BCUT2D eigenvalue weighted by Crippen LogP contribution is 2.62. The molecule has 1 fully saturated rings. The van der Waals surface area contributed by atoms with Gasteiger partial charge in [-0.15, -0.1) is 0 Å². The zero-order valence-corrected chi connectivity index (χ0v) is 22.5. The first kappa shape index (κ1) is 26.2. The Bertz CT molecular complexity index is 1380. The zero-order chi connectivity index (χ0) is 27.2. The number of carboxylic acids is 1. The van der Waals surface area contributed by atoms with Crippen LogP contribution in [0.3, 0.4) is 0 Å². The molecule has 3 atom stereocenters. The maximum atomic E-state index is 14.9. The van der Waals surface area contributed by atoms with Gasteiger partial charge < -0.3 is 19.3 Å². The summed E-state index contributed by atoms with van der Waals surface area (Å²) in [5.74, 6) is -0.404. The largest absolute Gasteiger partial charge is 0.489 e. The number of carboxylic acid groups (broad SMARTS) is 1. The van der Waals surface area contributed by atoms with E-state index < -0.39 is 11.8 Å².